The predicted molar refractivity (Wildman–Crippen MR) is 273 cm³/mol. The van der Waals surface area contributed by atoms with Crippen molar-refractivity contribution in [2.45, 2.75) is 80.6 Å². The number of rotatable bonds is 4. The largest absolute Gasteiger partial charge is 0.0683 e. The van der Waals surface area contributed by atoms with Crippen molar-refractivity contribution in [3.63, 3.8) is 0 Å². The standard InChI is InChI=1S/C36H28.C17H20.C7H8.C2H6/c1-23-13-18-31-33(19-23)36(2,3)34-22-32(29-11-7-8-12-30(29)35(31)34)27-17-15-25-14-16-26(20-28(25)21-27)24-9-5-4-6-10-24;1-12(2)15-9-10-17(14(4)11-15)16-8-6-5-7-13(16)3;1-7-5-3-2-4-6-7;1-2/h4-22H,1-3H3;5-12H,1-4H3;2-6H,1H3;1-2H3. The number of hydrogen-bond acceptors (Lipinski definition) is 0. The van der Waals surface area contributed by atoms with Crippen molar-refractivity contribution in [2.24, 2.45) is 0 Å². The van der Waals surface area contributed by atoms with Crippen LogP contribution >= 0.6 is 0 Å². The van der Waals surface area contributed by atoms with Crippen LogP contribution in [0.5, 0.6) is 0 Å². The Labute approximate surface area is 372 Å². The lowest BCUT2D eigenvalue weighted by Crippen LogP contribution is -2.15. The molecule has 9 aromatic rings. The van der Waals surface area contributed by atoms with Crippen LogP contribution in [-0.2, 0) is 5.41 Å². The van der Waals surface area contributed by atoms with Crippen molar-refractivity contribution in [3.05, 3.63) is 227 Å². The van der Waals surface area contributed by atoms with Crippen molar-refractivity contribution in [1.82, 2.24) is 0 Å². The Balaban J connectivity index is 0.000000184. The van der Waals surface area contributed by atoms with Crippen molar-refractivity contribution in [1.29, 1.82) is 0 Å². The van der Waals surface area contributed by atoms with Crippen LogP contribution < -0.4 is 0 Å². The van der Waals surface area contributed by atoms with Crippen LogP contribution in [0.1, 0.15) is 86.4 Å². The van der Waals surface area contributed by atoms with Gasteiger partial charge in [-0.05, 0) is 146 Å². The first kappa shape index (κ1) is 43.6. The van der Waals surface area contributed by atoms with Gasteiger partial charge in [-0.1, -0.05) is 223 Å². The molecule has 0 saturated carbocycles. The zero-order valence-electron chi connectivity index (χ0n) is 38.5. The molecule has 310 valence electrons. The summed E-state index contributed by atoms with van der Waals surface area (Å²) in [5.41, 5.74) is 20.2. The molecular formula is C62H62. The highest BCUT2D eigenvalue weighted by Gasteiger charge is 2.37. The van der Waals surface area contributed by atoms with E-state index in [1.54, 1.807) is 0 Å². The monoisotopic (exact) mass is 806 g/mol. The second-order valence-corrected chi connectivity index (χ2v) is 17.4. The molecule has 0 radical (unpaired) electrons. The van der Waals surface area contributed by atoms with Gasteiger partial charge in [0.1, 0.15) is 0 Å². The van der Waals surface area contributed by atoms with Gasteiger partial charge in [-0.25, -0.2) is 0 Å². The van der Waals surface area contributed by atoms with E-state index in [-0.39, 0.29) is 5.41 Å². The summed E-state index contributed by atoms with van der Waals surface area (Å²) in [5, 5.41) is 5.21. The van der Waals surface area contributed by atoms with E-state index in [9.17, 15) is 0 Å². The lowest BCUT2D eigenvalue weighted by molar-refractivity contribution is 0.660. The molecule has 1 aliphatic rings. The van der Waals surface area contributed by atoms with E-state index in [1.165, 1.54) is 105 Å². The summed E-state index contributed by atoms with van der Waals surface area (Å²) >= 11 is 0. The lowest BCUT2D eigenvalue weighted by atomic mass is 9.80. The molecule has 0 saturated heterocycles. The first-order valence-electron chi connectivity index (χ1n) is 22.4. The molecule has 0 N–H and O–H groups in total. The fourth-order valence-corrected chi connectivity index (χ4v) is 8.92. The molecule has 0 unspecified atom stereocenters. The smallest absolute Gasteiger partial charge is 0.0159 e. The van der Waals surface area contributed by atoms with E-state index >= 15 is 0 Å². The molecule has 1 aliphatic carbocycles. The molecular weight excluding hydrogens is 745 g/mol. The van der Waals surface area contributed by atoms with Gasteiger partial charge in [-0.15, -0.1) is 0 Å². The average Bonchev–Trinajstić information content (AvgIpc) is 3.52. The molecule has 0 heterocycles. The Morgan fingerprint density at radius 3 is 1.60 bits per heavy atom. The Morgan fingerprint density at radius 1 is 0.371 bits per heavy atom. The zero-order chi connectivity index (χ0) is 44.0. The minimum Gasteiger partial charge on any atom is -0.0683 e. The van der Waals surface area contributed by atoms with E-state index < -0.39 is 0 Å². The van der Waals surface area contributed by atoms with E-state index in [2.05, 4.69) is 225 Å². The van der Waals surface area contributed by atoms with Gasteiger partial charge in [-0.2, -0.15) is 0 Å². The second kappa shape index (κ2) is 19.0. The minimum absolute atomic E-state index is 0.0349. The van der Waals surface area contributed by atoms with Crippen LogP contribution in [-0.4, -0.2) is 0 Å². The van der Waals surface area contributed by atoms with E-state index in [0.29, 0.717) is 5.92 Å². The fraction of sp³-hybridized carbons (Fsp3) is 0.194. The van der Waals surface area contributed by atoms with E-state index in [4.69, 9.17) is 0 Å². The summed E-state index contributed by atoms with van der Waals surface area (Å²) in [6, 6.07) is 68.4. The number of hydrogen-bond donors (Lipinski definition) is 0. The SMILES string of the molecule is CC.Cc1ccc2c(c1)C(C)(C)c1cc(-c3ccc4ccc(-c5ccccc5)cc4c3)c3ccccc3c1-2.Cc1ccccc1.Cc1ccccc1-c1ccc(C(C)C)cc1C. The Kier molecular flexibility index (Phi) is 13.4. The van der Waals surface area contributed by atoms with Crippen molar-refractivity contribution < 1.29 is 0 Å². The van der Waals surface area contributed by atoms with Gasteiger partial charge >= 0.3 is 0 Å². The van der Waals surface area contributed by atoms with Gasteiger partial charge in [-0.3, -0.25) is 0 Å². The molecule has 0 bridgehead atoms. The highest BCUT2D eigenvalue weighted by atomic mass is 14.4. The minimum atomic E-state index is -0.0349. The van der Waals surface area contributed by atoms with Crippen LogP contribution in [0.25, 0.3) is 66.1 Å². The van der Waals surface area contributed by atoms with E-state index in [1.807, 2.05) is 32.0 Å². The molecule has 62 heavy (non-hydrogen) atoms. The summed E-state index contributed by atoms with van der Waals surface area (Å²) in [6.07, 6.45) is 0. The molecule has 0 fully saturated rings. The normalized spacial score (nSPS) is 12.0. The average molecular weight is 807 g/mol. The van der Waals surface area contributed by atoms with Crippen LogP contribution in [0.15, 0.2) is 188 Å². The van der Waals surface area contributed by atoms with Gasteiger partial charge < -0.3 is 0 Å². The topological polar surface area (TPSA) is 0 Å². The lowest BCUT2D eigenvalue weighted by Gasteiger charge is -2.23. The highest BCUT2D eigenvalue weighted by Crippen LogP contribution is 2.53. The number of fused-ring (bicyclic) bond motifs is 6. The van der Waals surface area contributed by atoms with Crippen LogP contribution in [0.3, 0.4) is 0 Å². The van der Waals surface area contributed by atoms with Crippen molar-refractivity contribution >= 4 is 21.5 Å². The summed E-state index contributed by atoms with van der Waals surface area (Å²) in [7, 11) is 0. The quantitative estimate of drug-likeness (QED) is 0.166. The summed E-state index contributed by atoms with van der Waals surface area (Å²) in [5.74, 6) is 0.597. The molecule has 10 rings (SSSR count). The van der Waals surface area contributed by atoms with Gasteiger partial charge in [0.25, 0.3) is 0 Å². The third-order valence-corrected chi connectivity index (χ3v) is 12.4. The summed E-state index contributed by atoms with van der Waals surface area (Å²) < 4.78 is 0. The Bertz CT molecular complexity index is 2940. The zero-order valence-corrected chi connectivity index (χ0v) is 38.5. The first-order chi connectivity index (χ1) is 30.0. The third-order valence-electron chi connectivity index (χ3n) is 12.4. The maximum atomic E-state index is 2.47. The van der Waals surface area contributed by atoms with Crippen LogP contribution in [0.4, 0.5) is 0 Å². The van der Waals surface area contributed by atoms with Crippen molar-refractivity contribution in [2.75, 3.05) is 0 Å². The number of aryl methyl sites for hydroxylation is 4. The molecule has 0 heteroatoms. The summed E-state index contributed by atoms with van der Waals surface area (Å²) in [6.45, 7) is 21.9. The predicted octanol–water partition coefficient (Wildman–Crippen LogP) is 18.1. The molecule has 0 nitrogen and oxygen atoms in total. The maximum Gasteiger partial charge on any atom is 0.0159 e. The molecule has 0 spiro atoms. The van der Waals surface area contributed by atoms with Gasteiger partial charge in [0.2, 0.25) is 0 Å². The Hall–Kier alpha value is -6.50. The summed E-state index contributed by atoms with van der Waals surface area (Å²) in [4.78, 5) is 0. The molecule has 0 aliphatic heterocycles. The van der Waals surface area contributed by atoms with Crippen LogP contribution in [0.2, 0.25) is 0 Å². The fourth-order valence-electron chi connectivity index (χ4n) is 8.92. The van der Waals surface area contributed by atoms with Crippen LogP contribution in [0, 0.1) is 27.7 Å². The van der Waals surface area contributed by atoms with E-state index in [0.717, 1.165) is 0 Å². The van der Waals surface area contributed by atoms with Gasteiger partial charge in [0, 0.05) is 5.41 Å². The van der Waals surface area contributed by atoms with Gasteiger partial charge in [0.15, 0.2) is 0 Å². The number of benzene rings is 9. The molecule has 0 amide bonds. The van der Waals surface area contributed by atoms with Gasteiger partial charge in [0.05, 0.1) is 0 Å². The molecule has 0 atom stereocenters. The first-order valence-corrected chi connectivity index (χ1v) is 22.4. The molecule has 9 aromatic carbocycles. The highest BCUT2D eigenvalue weighted by molar-refractivity contribution is 6.09. The second-order valence-electron chi connectivity index (χ2n) is 17.4. The third kappa shape index (κ3) is 9.07. The molecule has 0 aromatic heterocycles. The van der Waals surface area contributed by atoms with Crippen molar-refractivity contribution in [3.8, 4) is 44.5 Å². The maximum absolute atomic E-state index is 2.47. The Morgan fingerprint density at radius 2 is 0.952 bits per heavy atom.